The second-order valence-electron chi connectivity index (χ2n) is 4.18. The highest BCUT2D eigenvalue weighted by Crippen LogP contribution is 2.16. The predicted molar refractivity (Wildman–Crippen MR) is 67.7 cm³/mol. The van der Waals surface area contributed by atoms with Gasteiger partial charge in [-0.3, -0.25) is 4.99 Å². The van der Waals surface area contributed by atoms with Gasteiger partial charge in [0.05, 0.1) is 0 Å². The van der Waals surface area contributed by atoms with Crippen molar-refractivity contribution < 1.29 is 0 Å². The minimum Gasteiger partial charge on any atom is -0.258 e. The molecule has 0 aromatic heterocycles. The Kier molecular flexibility index (Phi) is 3.46. The van der Waals surface area contributed by atoms with Gasteiger partial charge in [0.2, 0.25) is 0 Å². The zero-order chi connectivity index (χ0) is 11.6. The molecule has 0 heterocycles. The third kappa shape index (κ3) is 2.79. The Balaban J connectivity index is 3.26. The van der Waals surface area contributed by atoms with Crippen LogP contribution in [0.4, 0.5) is 0 Å². The van der Waals surface area contributed by atoms with Crippen molar-refractivity contribution in [1.82, 2.24) is 0 Å². The van der Waals surface area contributed by atoms with Gasteiger partial charge in [-0.15, -0.1) is 0 Å². The number of aliphatic imine (C=N–C) groups is 1. The molecule has 1 nitrogen and oxygen atoms in total. The lowest BCUT2D eigenvalue weighted by molar-refractivity contribution is 1.26. The van der Waals surface area contributed by atoms with Crippen LogP contribution in [0.5, 0.6) is 0 Å². The molecule has 0 N–H and O–H groups in total. The molecule has 0 aliphatic heterocycles. The van der Waals surface area contributed by atoms with E-state index < -0.39 is 0 Å². The van der Waals surface area contributed by atoms with Crippen molar-refractivity contribution in [2.24, 2.45) is 4.99 Å². The lowest BCUT2D eigenvalue weighted by Crippen LogP contribution is -2.00. The molecule has 0 saturated heterocycles. The molecule has 1 rings (SSSR count). The number of rotatable bonds is 2. The van der Waals surface area contributed by atoms with Gasteiger partial charge in [0.25, 0.3) is 0 Å². The average molecular weight is 201 g/mol. The van der Waals surface area contributed by atoms with Crippen molar-refractivity contribution in [2.75, 3.05) is 0 Å². The van der Waals surface area contributed by atoms with E-state index in [9.17, 15) is 0 Å². The molecule has 0 saturated carbocycles. The van der Waals surface area contributed by atoms with Crippen LogP contribution in [0.15, 0.2) is 29.4 Å². The van der Waals surface area contributed by atoms with Crippen LogP contribution < -0.4 is 0 Å². The summed E-state index contributed by atoms with van der Waals surface area (Å²) in [7, 11) is 0. The molecule has 0 fully saturated rings. The summed E-state index contributed by atoms with van der Waals surface area (Å²) in [4.78, 5) is 4.40. The number of hydrogen-bond donors (Lipinski definition) is 0. The summed E-state index contributed by atoms with van der Waals surface area (Å²) in [5.74, 6) is 0. The summed E-state index contributed by atoms with van der Waals surface area (Å²) in [5, 5.41) is 0. The molecule has 15 heavy (non-hydrogen) atoms. The highest BCUT2D eigenvalue weighted by atomic mass is 14.7. The maximum atomic E-state index is 4.40. The highest BCUT2D eigenvalue weighted by Gasteiger charge is 2.04. The molecule has 1 aromatic carbocycles. The lowest BCUT2D eigenvalue weighted by atomic mass is 9.98. The fourth-order valence-corrected chi connectivity index (χ4v) is 1.70. The van der Waals surface area contributed by atoms with E-state index in [1.54, 1.807) is 0 Å². The zero-order valence-corrected chi connectivity index (χ0v) is 10.3. The SMILES string of the molecule is C=C(C)/N=C(/C)c1cc(C)c(C)cc1C. The summed E-state index contributed by atoms with van der Waals surface area (Å²) in [6.45, 7) is 14.1. The Bertz CT molecular complexity index is 425. The molecule has 0 aliphatic carbocycles. The first-order chi connectivity index (χ1) is 6.91. The van der Waals surface area contributed by atoms with E-state index in [-0.39, 0.29) is 0 Å². The van der Waals surface area contributed by atoms with Crippen LogP contribution in [0.1, 0.15) is 36.1 Å². The summed E-state index contributed by atoms with van der Waals surface area (Å²) in [6, 6.07) is 4.41. The predicted octanol–water partition coefficient (Wildman–Crippen LogP) is 3.95. The van der Waals surface area contributed by atoms with Crippen molar-refractivity contribution in [3.05, 3.63) is 46.7 Å². The molecule has 1 heteroatoms. The maximum Gasteiger partial charge on any atom is 0.0450 e. The molecule has 1 aromatic rings. The van der Waals surface area contributed by atoms with E-state index in [0.717, 1.165) is 11.4 Å². The Hall–Kier alpha value is -1.37. The van der Waals surface area contributed by atoms with E-state index in [1.165, 1.54) is 22.3 Å². The Morgan fingerprint density at radius 1 is 1.00 bits per heavy atom. The van der Waals surface area contributed by atoms with Crippen LogP contribution in [0.3, 0.4) is 0 Å². The molecule has 0 radical (unpaired) electrons. The molecule has 80 valence electrons. The van der Waals surface area contributed by atoms with E-state index >= 15 is 0 Å². The molecule has 0 aliphatic rings. The first kappa shape index (κ1) is 11.7. The molecule has 0 spiro atoms. The van der Waals surface area contributed by atoms with Gasteiger partial charge in [0.15, 0.2) is 0 Å². The quantitative estimate of drug-likeness (QED) is 0.642. The Labute approximate surface area is 92.6 Å². The average Bonchev–Trinajstić information content (AvgIpc) is 2.09. The van der Waals surface area contributed by atoms with Crippen LogP contribution >= 0.6 is 0 Å². The van der Waals surface area contributed by atoms with Gasteiger partial charge >= 0.3 is 0 Å². The molecule has 0 atom stereocenters. The smallest absolute Gasteiger partial charge is 0.0450 e. The first-order valence-corrected chi connectivity index (χ1v) is 5.21. The minimum absolute atomic E-state index is 0.852. The number of nitrogens with zero attached hydrogens (tertiary/aromatic N) is 1. The number of hydrogen-bond acceptors (Lipinski definition) is 1. The Morgan fingerprint density at radius 3 is 2.07 bits per heavy atom. The van der Waals surface area contributed by atoms with Crippen LogP contribution in [-0.4, -0.2) is 5.71 Å². The highest BCUT2D eigenvalue weighted by molar-refractivity contribution is 6.00. The van der Waals surface area contributed by atoms with Gasteiger partial charge in [0, 0.05) is 11.4 Å². The topological polar surface area (TPSA) is 12.4 Å². The fourth-order valence-electron chi connectivity index (χ4n) is 1.70. The minimum atomic E-state index is 0.852. The van der Waals surface area contributed by atoms with Crippen LogP contribution in [0.25, 0.3) is 0 Å². The first-order valence-electron chi connectivity index (χ1n) is 5.21. The monoisotopic (exact) mass is 201 g/mol. The van der Waals surface area contributed by atoms with E-state index in [1.807, 2.05) is 13.8 Å². The second-order valence-corrected chi connectivity index (χ2v) is 4.18. The summed E-state index contributed by atoms with van der Waals surface area (Å²) >= 11 is 0. The number of aryl methyl sites for hydroxylation is 3. The standard InChI is InChI=1S/C14H19N/c1-9(2)15-13(6)14-8-11(4)10(3)7-12(14)5/h7-8H,1H2,2-6H3/b15-13-. The lowest BCUT2D eigenvalue weighted by Gasteiger charge is -2.09. The molecular formula is C14H19N. The number of benzene rings is 1. The maximum absolute atomic E-state index is 4.40. The largest absolute Gasteiger partial charge is 0.258 e. The second kappa shape index (κ2) is 4.43. The molecule has 0 unspecified atom stereocenters. The van der Waals surface area contributed by atoms with Crippen molar-refractivity contribution >= 4 is 5.71 Å². The molecule has 0 amide bonds. The van der Waals surface area contributed by atoms with Crippen LogP contribution in [0, 0.1) is 20.8 Å². The van der Waals surface area contributed by atoms with Crippen molar-refractivity contribution in [2.45, 2.75) is 34.6 Å². The van der Waals surface area contributed by atoms with Crippen molar-refractivity contribution in [3.63, 3.8) is 0 Å². The zero-order valence-electron chi connectivity index (χ0n) is 10.3. The van der Waals surface area contributed by atoms with Crippen molar-refractivity contribution in [1.29, 1.82) is 0 Å². The van der Waals surface area contributed by atoms with Crippen molar-refractivity contribution in [3.8, 4) is 0 Å². The van der Waals surface area contributed by atoms with Gasteiger partial charge < -0.3 is 0 Å². The van der Waals surface area contributed by atoms with E-state index in [2.05, 4.69) is 44.5 Å². The summed E-state index contributed by atoms with van der Waals surface area (Å²) in [5.41, 5.74) is 7.04. The fraction of sp³-hybridized carbons (Fsp3) is 0.357. The van der Waals surface area contributed by atoms with Gasteiger partial charge in [-0.25, -0.2) is 0 Å². The molecule has 0 bridgehead atoms. The van der Waals surface area contributed by atoms with Gasteiger partial charge in [-0.2, -0.15) is 0 Å². The summed E-state index contributed by atoms with van der Waals surface area (Å²) in [6.07, 6.45) is 0. The van der Waals surface area contributed by atoms with Gasteiger partial charge in [-0.1, -0.05) is 12.6 Å². The van der Waals surface area contributed by atoms with Gasteiger partial charge in [-0.05, 0) is 62.9 Å². The normalized spacial score (nSPS) is 11.7. The third-order valence-corrected chi connectivity index (χ3v) is 2.59. The summed E-state index contributed by atoms with van der Waals surface area (Å²) < 4.78 is 0. The van der Waals surface area contributed by atoms with Crippen LogP contribution in [0.2, 0.25) is 0 Å². The van der Waals surface area contributed by atoms with E-state index in [4.69, 9.17) is 0 Å². The Morgan fingerprint density at radius 2 is 1.53 bits per heavy atom. The van der Waals surface area contributed by atoms with Crippen LogP contribution in [-0.2, 0) is 0 Å². The third-order valence-electron chi connectivity index (χ3n) is 2.59. The van der Waals surface area contributed by atoms with E-state index in [0.29, 0.717) is 0 Å². The van der Waals surface area contributed by atoms with Gasteiger partial charge in [0.1, 0.15) is 0 Å². The number of allylic oxidation sites excluding steroid dienone is 1. The molecular weight excluding hydrogens is 182 g/mol.